The van der Waals surface area contributed by atoms with E-state index in [1.807, 2.05) is 24.0 Å². The van der Waals surface area contributed by atoms with E-state index in [0.717, 1.165) is 50.6 Å². The highest BCUT2D eigenvalue weighted by molar-refractivity contribution is 7.99. The van der Waals surface area contributed by atoms with Gasteiger partial charge in [-0.1, -0.05) is 0 Å². The van der Waals surface area contributed by atoms with E-state index in [1.165, 1.54) is 23.8 Å². The molecule has 22 heavy (non-hydrogen) atoms. The lowest BCUT2D eigenvalue weighted by Gasteiger charge is -2.27. The fourth-order valence-corrected chi connectivity index (χ4v) is 4.53. The minimum absolute atomic E-state index is 0.587. The summed E-state index contributed by atoms with van der Waals surface area (Å²) < 4.78 is 7.80. The van der Waals surface area contributed by atoms with Crippen LogP contribution in [0.25, 0.3) is 11.2 Å². The summed E-state index contributed by atoms with van der Waals surface area (Å²) in [5, 5.41) is 0. The van der Waals surface area contributed by atoms with Gasteiger partial charge in [0.05, 0.1) is 13.2 Å². The van der Waals surface area contributed by atoms with Gasteiger partial charge in [-0.3, -0.25) is 4.90 Å². The minimum atomic E-state index is 0.587. The van der Waals surface area contributed by atoms with Gasteiger partial charge in [0.2, 0.25) is 0 Å². The Labute approximate surface area is 135 Å². The summed E-state index contributed by atoms with van der Waals surface area (Å²) in [4.78, 5) is 12.0. The van der Waals surface area contributed by atoms with Crippen molar-refractivity contribution < 1.29 is 4.74 Å². The maximum absolute atomic E-state index is 5.44. The van der Waals surface area contributed by atoms with E-state index in [9.17, 15) is 0 Å². The number of aromatic nitrogens is 3. The van der Waals surface area contributed by atoms with Gasteiger partial charge in [-0.25, -0.2) is 9.97 Å². The van der Waals surface area contributed by atoms with Crippen molar-refractivity contribution in [1.29, 1.82) is 0 Å². The average Bonchev–Trinajstić information content (AvgIpc) is 3.21. The van der Waals surface area contributed by atoms with Gasteiger partial charge in [-0.2, -0.15) is 11.8 Å². The van der Waals surface area contributed by atoms with Crippen LogP contribution in [0.1, 0.15) is 18.2 Å². The third kappa shape index (κ3) is 2.87. The molecular weight excluding hydrogens is 296 g/mol. The highest BCUT2D eigenvalue weighted by Gasteiger charge is 2.24. The normalized spacial score (nSPS) is 23.4. The van der Waals surface area contributed by atoms with Crippen LogP contribution in [0.5, 0.6) is 0 Å². The lowest BCUT2D eigenvalue weighted by molar-refractivity contribution is 0.0364. The maximum atomic E-state index is 5.44. The monoisotopic (exact) mass is 318 g/mol. The molecule has 2 aromatic rings. The summed E-state index contributed by atoms with van der Waals surface area (Å²) in [6.07, 6.45) is 3.12. The van der Waals surface area contributed by atoms with Crippen LogP contribution in [0.15, 0.2) is 18.3 Å². The van der Waals surface area contributed by atoms with E-state index in [4.69, 9.17) is 9.72 Å². The van der Waals surface area contributed by atoms with Crippen molar-refractivity contribution in [3.05, 3.63) is 24.2 Å². The number of nitrogens with zero attached hydrogens (tertiary/aromatic N) is 4. The van der Waals surface area contributed by atoms with Gasteiger partial charge in [-0.05, 0) is 24.3 Å². The third-order valence-electron chi connectivity index (χ3n) is 4.57. The maximum Gasteiger partial charge on any atom is 0.160 e. The van der Waals surface area contributed by atoms with E-state index in [0.29, 0.717) is 5.92 Å². The number of rotatable bonds is 4. The Bertz CT molecular complexity index is 632. The summed E-state index contributed by atoms with van der Waals surface area (Å²) in [6.45, 7) is 5.82. The zero-order valence-corrected chi connectivity index (χ0v) is 13.6. The van der Waals surface area contributed by atoms with Gasteiger partial charge in [-0.15, -0.1) is 0 Å². The summed E-state index contributed by atoms with van der Waals surface area (Å²) in [7, 11) is 0. The Balaban J connectivity index is 1.60. The minimum Gasteiger partial charge on any atom is -0.379 e. The van der Waals surface area contributed by atoms with Gasteiger partial charge in [0.1, 0.15) is 11.3 Å². The molecule has 5 nitrogen and oxygen atoms in total. The van der Waals surface area contributed by atoms with Gasteiger partial charge >= 0.3 is 0 Å². The number of hydrogen-bond donors (Lipinski definition) is 0. The smallest absolute Gasteiger partial charge is 0.160 e. The number of thioether (sulfide) groups is 1. The second-order valence-corrected chi connectivity index (χ2v) is 7.13. The van der Waals surface area contributed by atoms with Crippen LogP contribution >= 0.6 is 11.8 Å². The second kappa shape index (κ2) is 6.56. The number of ether oxygens (including phenoxy) is 1. The molecule has 0 bridgehead atoms. The first-order valence-electron chi connectivity index (χ1n) is 8.11. The van der Waals surface area contributed by atoms with Crippen LogP contribution in [0, 0.1) is 0 Å². The van der Waals surface area contributed by atoms with E-state index in [-0.39, 0.29) is 0 Å². The molecule has 2 fully saturated rings. The molecule has 1 atom stereocenters. The molecule has 2 aliphatic heterocycles. The quantitative estimate of drug-likeness (QED) is 0.862. The molecule has 4 heterocycles. The molecule has 0 aliphatic carbocycles. The molecule has 2 saturated heterocycles. The zero-order valence-electron chi connectivity index (χ0n) is 12.8. The van der Waals surface area contributed by atoms with E-state index >= 15 is 0 Å². The highest BCUT2D eigenvalue weighted by Crippen LogP contribution is 2.33. The Kier molecular flexibility index (Phi) is 4.32. The standard InChI is InChI=1S/C16H22N4OS/c1-2-14-16(17-4-1)20(6-5-19-7-9-21-10-8-19)15(18-14)13-3-11-22-12-13/h1-2,4,13H,3,5-12H2. The lowest BCUT2D eigenvalue weighted by atomic mass is 10.1. The molecule has 0 radical (unpaired) electrons. The number of imidazole rings is 1. The van der Waals surface area contributed by atoms with E-state index in [2.05, 4.69) is 20.5 Å². The number of morpholine rings is 1. The first-order chi connectivity index (χ1) is 10.9. The van der Waals surface area contributed by atoms with Crippen LogP contribution in [-0.2, 0) is 11.3 Å². The summed E-state index contributed by atoms with van der Waals surface area (Å²) in [5.74, 6) is 4.28. The fraction of sp³-hybridized carbons (Fsp3) is 0.625. The molecule has 0 N–H and O–H groups in total. The van der Waals surface area contributed by atoms with Crippen molar-refractivity contribution in [3.63, 3.8) is 0 Å². The van der Waals surface area contributed by atoms with Crippen molar-refractivity contribution in [2.24, 2.45) is 0 Å². The number of fused-ring (bicyclic) bond motifs is 1. The van der Waals surface area contributed by atoms with Crippen molar-refractivity contribution in [3.8, 4) is 0 Å². The summed E-state index contributed by atoms with van der Waals surface area (Å²) in [5.41, 5.74) is 2.08. The van der Waals surface area contributed by atoms with Gasteiger partial charge in [0.25, 0.3) is 0 Å². The second-order valence-electron chi connectivity index (χ2n) is 5.98. The molecule has 0 spiro atoms. The predicted octanol–water partition coefficient (Wildman–Crippen LogP) is 1.98. The SMILES string of the molecule is c1cnc2c(c1)nc(C1CCSC1)n2CCN1CCOCC1. The van der Waals surface area contributed by atoms with Crippen molar-refractivity contribution in [2.75, 3.05) is 44.4 Å². The van der Waals surface area contributed by atoms with E-state index < -0.39 is 0 Å². The molecular formula is C16H22N4OS. The van der Waals surface area contributed by atoms with Gasteiger partial charge in [0, 0.05) is 44.0 Å². The Morgan fingerprint density at radius 2 is 2.18 bits per heavy atom. The van der Waals surface area contributed by atoms with Crippen molar-refractivity contribution >= 4 is 22.9 Å². The van der Waals surface area contributed by atoms with E-state index in [1.54, 1.807) is 0 Å². The Hall–Kier alpha value is -1.11. The molecule has 6 heteroatoms. The zero-order chi connectivity index (χ0) is 14.8. The number of pyridine rings is 1. The Morgan fingerprint density at radius 3 is 3.00 bits per heavy atom. The molecule has 0 saturated carbocycles. The van der Waals surface area contributed by atoms with Crippen LogP contribution in [0.3, 0.4) is 0 Å². The molecule has 1 unspecified atom stereocenters. The largest absolute Gasteiger partial charge is 0.379 e. The molecule has 2 aliphatic rings. The van der Waals surface area contributed by atoms with Gasteiger partial charge < -0.3 is 9.30 Å². The topological polar surface area (TPSA) is 43.2 Å². The first-order valence-corrected chi connectivity index (χ1v) is 9.26. The Morgan fingerprint density at radius 1 is 1.27 bits per heavy atom. The van der Waals surface area contributed by atoms with Crippen LogP contribution in [-0.4, -0.2) is 63.8 Å². The molecule has 0 aromatic carbocycles. The lowest BCUT2D eigenvalue weighted by Crippen LogP contribution is -2.38. The molecule has 118 valence electrons. The first kappa shape index (κ1) is 14.5. The third-order valence-corrected chi connectivity index (χ3v) is 5.73. The number of hydrogen-bond acceptors (Lipinski definition) is 5. The highest BCUT2D eigenvalue weighted by atomic mass is 32.2. The molecule has 0 amide bonds. The molecule has 4 rings (SSSR count). The van der Waals surface area contributed by atoms with Crippen molar-refractivity contribution in [1.82, 2.24) is 19.4 Å². The summed E-state index contributed by atoms with van der Waals surface area (Å²) >= 11 is 2.04. The van der Waals surface area contributed by atoms with Crippen LogP contribution < -0.4 is 0 Å². The molecule has 2 aromatic heterocycles. The van der Waals surface area contributed by atoms with Crippen LogP contribution in [0.2, 0.25) is 0 Å². The van der Waals surface area contributed by atoms with Crippen molar-refractivity contribution in [2.45, 2.75) is 18.9 Å². The average molecular weight is 318 g/mol. The predicted molar refractivity (Wildman–Crippen MR) is 89.5 cm³/mol. The van der Waals surface area contributed by atoms with Gasteiger partial charge in [0.15, 0.2) is 5.65 Å². The van der Waals surface area contributed by atoms with Crippen LogP contribution in [0.4, 0.5) is 0 Å². The fourth-order valence-electron chi connectivity index (χ4n) is 3.31. The summed E-state index contributed by atoms with van der Waals surface area (Å²) in [6, 6.07) is 4.06.